The van der Waals surface area contributed by atoms with Gasteiger partial charge in [0.25, 0.3) is 0 Å². The minimum Gasteiger partial charge on any atom is -0.459 e. The lowest BCUT2D eigenvalue weighted by atomic mass is 9.77. The Kier molecular flexibility index (Phi) is 11.0. The second-order valence-electron chi connectivity index (χ2n) is 13.9. The smallest absolute Gasteiger partial charge is 0.407 e. The summed E-state index contributed by atoms with van der Waals surface area (Å²) in [5, 5.41) is 8.37. The maximum Gasteiger partial charge on any atom is 0.407 e. The Morgan fingerprint density at radius 3 is 1.57 bits per heavy atom. The van der Waals surface area contributed by atoms with Gasteiger partial charge in [-0.05, 0) is 59.7 Å². The maximum absolute atomic E-state index is 14.3. The van der Waals surface area contributed by atoms with Gasteiger partial charge in [0, 0.05) is 5.92 Å². The number of carbonyl (C=O) groups excluding carboxylic acids is 4. The Hall–Kier alpha value is -6.22. The summed E-state index contributed by atoms with van der Waals surface area (Å²) in [5.74, 6) is -2.15. The van der Waals surface area contributed by atoms with Crippen LogP contribution in [0.4, 0.5) is 4.79 Å². The zero-order valence-electron chi connectivity index (χ0n) is 30.0. The van der Waals surface area contributed by atoms with Crippen LogP contribution in [0.3, 0.4) is 0 Å². The lowest BCUT2D eigenvalue weighted by molar-refractivity contribution is -0.154. The molecule has 3 N–H and O–H groups in total. The molecule has 6 rings (SSSR count). The van der Waals surface area contributed by atoms with Crippen molar-refractivity contribution in [3.63, 3.8) is 0 Å². The molecule has 0 unspecified atom stereocenters. The molecule has 1 aliphatic carbocycles. The number of rotatable bonds is 12. The highest BCUT2D eigenvalue weighted by atomic mass is 16.6. The summed E-state index contributed by atoms with van der Waals surface area (Å²) in [7, 11) is 0. The van der Waals surface area contributed by atoms with Crippen LogP contribution in [0.1, 0.15) is 60.9 Å². The molecule has 0 bridgehead atoms. The molecule has 0 saturated carbocycles. The predicted octanol–water partition coefficient (Wildman–Crippen LogP) is 6.85. The zero-order chi connectivity index (χ0) is 37.4. The van der Waals surface area contributed by atoms with E-state index in [2.05, 4.69) is 16.0 Å². The van der Waals surface area contributed by atoms with Gasteiger partial charge in [-0.15, -0.1) is 0 Å². The van der Waals surface area contributed by atoms with E-state index in [0.29, 0.717) is 0 Å². The third-order valence-corrected chi connectivity index (χ3v) is 9.12. The van der Waals surface area contributed by atoms with Gasteiger partial charge < -0.3 is 25.4 Å². The number of hydrogen-bond acceptors (Lipinski definition) is 6. The molecule has 1 aliphatic rings. The lowest BCUT2D eigenvalue weighted by Gasteiger charge is -2.37. The van der Waals surface area contributed by atoms with E-state index in [4.69, 9.17) is 9.47 Å². The fraction of sp³-hybridized carbons (Fsp3) is 0.227. The largest absolute Gasteiger partial charge is 0.459 e. The average molecular weight is 710 g/mol. The standard InChI is InChI=1S/C44H43N3O6/c1-43(2,3)53-40(49)28-45-41(50)38(46-42(51)52-29-37-35-25-15-13-23-33(35)34-24-14-16-26-36(34)37)27-39(48)47-44(30-17-7-4-8-18-30,31-19-9-5-10-20-31)32-21-11-6-12-22-32/h4-26,37-38H,27-29H2,1-3H3,(H,45,50)(H,46,51)(H,47,48)/t38-/m0/s1. The van der Waals surface area contributed by atoms with Crippen LogP contribution in [0.15, 0.2) is 140 Å². The van der Waals surface area contributed by atoms with Crippen molar-refractivity contribution in [3.8, 4) is 11.1 Å². The molecule has 9 nitrogen and oxygen atoms in total. The van der Waals surface area contributed by atoms with Crippen molar-refractivity contribution >= 4 is 23.9 Å². The van der Waals surface area contributed by atoms with Crippen LogP contribution in [0.5, 0.6) is 0 Å². The molecule has 0 fully saturated rings. The molecule has 0 heterocycles. The number of amides is 3. The molecule has 0 saturated heterocycles. The van der Waals surface area contributed by atoms with Crippen molar-refractivity contribution in [2.24, 2.45) is 0 Å². The summed E-state index contributed by atoms with van der Waals surface area (Å²) < 4.78 is 11.1. The predicted molar refractivity (Wildman–Crippen MR) is 203 cm³/mol. The number of ether oxygens (including phenoxy) is 2. The Labute approximate surface area is 309 Å². The first kappa shape index (κ1) is 36.6. The Morgan fingerprint density at radius 2 is 1.09 bits per heavy atom. The zero-order valence-corrected chi connectivity index (χ0v) is 30.0. The second-order valence-corrected chi connectivity index (χ2v) is 13.9. The number of carbonyl (C=O) groups is 4. The van der Waals surface area contributed by atoms with E-state index in [9.17, 15) is 19.2 Å². The van der Waals surface area contributed by atoms with Crippen molar-refractivity contribution < 1.29 is 28.7 Å². The molecule has 0 spiro atoms. The van der Waals surface area contributed by atoms with Gasteiger partial charge in [0.1, 0.15) is 30.3 Å². The summed E-state index contributed by atoms with van der Waals surface area (Å²) in [5.41, 5.74) is 4.68. The van der Waals surface area contributed by atoms with Crippen LogP contribution in [0.25, 0.3) is 11.1 Å². The highest BCUT2D eigenvalue weighted by molar-refractivity contribution is 5.93. The van der Waals surface area contributed by atoms with Crippen molar-refractivity contribution in [1.29, 1.82) is 0 Å². The Morgan fingerprint density at radius 1 is 0.642 bits per heavy atom. The summed E-state index contributed by atoms with van der Waals surface area (Å²) in [6.07, 6.45) is -1.34. The van der Waals surface area contributed by atoms with E-state index in [1.807, 2.05) is 140 Å². The van der Waals surface area contributed by atoms with Crippen LogP contribution in [0, 0.1) is 0 Å². The molecule has 5 aromatic carbocycles. The van der Waals surface area contributed by atoms with E-state index in [-0.39, 0.29) is 12.5 Å². The summed E-state index contributed by atoms with van der Waals surface area (Å²) in [4.78, 5) is 53.9. The fourth-order valence-electron chi connectivity index (χ4n) is 6.88. The molecular formula is C44H43N3O6. The van der Waals surface area contributed by atoms with Gasteiger partial charge in [0.05, 0.1) is 6.42 Å². The Balaban J connectivity index is 1.25. The van der Waals surface area contributed by atoms with Gasteiger partial charge in [0.2, 0.25) is 11.8 Å². The van der Waals surface area contributed by atoms with E-state index in [0.717, 1.165) is 38.9 Å². The molecule has 1 atom stereocenters. The lowest BCUT2D eigenvalue weighted by Crippen LogP contribution is -2.53. The van der Waals surface area contributed by atoms with E-state index in [1.54, 1.807) is 20.8 Å². The molecule has 0 aromatic heterocycles. The molecule has 53 heavy (non-hydrogen) atoms. The van der Waals surface area contributed by atoms with E-state index >= 15 is 0 Å². The minimum atomic E-state index is -1.40. The molecule has 270 valence electrons. The number of benzene rings is 5. The van der Waals surface area contributed by atoms with Crippen LogP contribution in [0.2, 0.25) is 0 Å². The molecule has 5 aromatic rings. The molecule has 9 heteroatoms. The van der Waals surface area contributed by atoms with Gasteiger partial charge in [-0.1, -0.05) is 140 Å². The van der Waals surface area contributed by atoms with Crippen LogP contribution >= 0.6 is 0 Å². The quantitative estimate of drug-likeness (QED) is 0.0963. The van der Waals surface area contributed by atoms with Crippen LogP contribution in [-0.2, 0) is 29.4 Å². The summed E-state index contributed by atoms with van der Waals surface area (Å²) in [6, 6.07) is 43.2. The molecule has 0 radical (unpaired) electrons. The number of alkyl carbamates (subject to hydrolysis) is 1. The first-order chi connectivity index (χ1) is 25.5. The molecule has 3 amide bonds. The van der Waals surface area contributed by atoms with Crippen molar-refractivity contribution in [3.05, 3.63) is 167 Å². The van der Waals surface area contributed by atoms with Gasteiger partial charge in [-0.2, -0.15) is 0 Å². The van der Waals surface area contributed by atoms with Crippen LogP contribution < -0.4 is 16.0 Å². The third-order valence-electron chi connectivity index (χ3n) is 9.12. The highest BCUT2D eigenvalue weighted by Gasteiger charge is 2.39. The normalized spacial score (nSPS) is 12.8. The number of esters is 1. The maximum atomic E-state index is 14.3. The van der Waals surface area contributed by atoms with Crippen LogP contribution in [-0.4, -0.2) is 48.7 Å². The Bertz CT molecular complexity index is 1920. The van der Waals surface area contributed by atoms with Crippen molar-refractivity contribution in [2.75, 3.05) is 13.2 Å². The third kappa shape index (κ3) is 8.47. The number of hydrogen-bond donors (Lipinski definition) is 3. The monoisotopic (exact) mass is 709 g/mol. The summed E-state index contributed by atoms with van der Waals surface area (Å²) in [6.45, 7) is 4.71. The minimum absolute atomic E-state index is 0.0113. The highest BCUT2D eigenvalue weighted by Crippen LogP contribution is 2.44. The first-order valence-corrected chi connectivity index (χ1v) is 17.6. The molecular weight excluding hydrogens is 666 g/mol. The number of fused-ring (bicyclic) bond motifs is 3. The SMILES string of the molecule is CC(C)(C)OC(=O)CNC(=O)[C@H](CC(=O)NC(c1ccccc1)(c1ccccc1)c1ccccc1)NC(=O)OCC1c2ccccc2-c2ccccc21. The number of nitrogens with one attached hydrogen (secondary N) is 3. The van der Waals surface area contributed by atoms with Gasteiger partial charge in [-0.25, -0.2) is 4.79 Å². The second kappa shape index (κ2) is 16.0. The van der Waals surface area contributed by atoms with Crippen molar-refractivity contribution in [1.82, 2.24) is 16.0 Å². The van der Waals surface area contributed by atoms with E-state index in [1.165, 1.54) is 0 Å². The topological polar surface area (TPSA) is 123 Å². The summed E-state index contributed by atoms with van der Waals surface area (Å²) >= 11 is 0. The average Bonchev–Trinajstić information content (AvgIpc) is 3.48. The first-order valence-electron chi connectivity index (χ1n) is 17.6. The van der Waals surface area contributed by atoms with E-state index < -0.39 is 54.0 Å². The van der Waals surface area contributed by atoms with Crippen molar-refractivity contribution in [2.45, 2.75) is 50.3 Å². The van der Waals surface area contributed by atoms with Gasteiger partial charge >= 0.3 is 12.1 Å². The molecule has 0 aliphatic heterocycles. The van der Waals surface area contributed by atoms with Gasteiger partial charge in [0.15, 0.2) is 0 Å². The van der Waals surface area contributed by atoms with Gasteiger partial charge in [-0.3, -0.25) is 14.4 Å². The fourth-order valence-corrected chi connectivity index (χ4v) is 6.88.